The summed E-state index contributed by atoms with van der Waals surface area (Å²) in [6.07, 6.45) is 1.65. The lowest BCUT2D eigenvalue weighted by Gasteiger charge is -2.13. The predicted octanol–water partition coefficient (Wildman–Crippen LogP) is 5.39. The third kappa shape index (κ3) is 5.10. The quantitative estimate of drug-likeness (QED) is 0.490. The summed E-state index contributed by atoms with van der Waals surface area (Å²) in [5.41, 5.74) is 2.34. The van der Waals surface area contributed by atoms with Crippen LogP contribution in [0.1, 0.15) is 21.5 Å². The number of hydrogen-bond acceptors (Lipinski definition) is 5. The largest absolute Gasteiger partial charge is 0.494 e. The van der Waals surface area contributed by atoms with Crippen LogP contribution in [0, 0.1) is 0 Å². The lowest BCUT2D eigenvalue weighted by molar-refractivity contribution is 0.0697. The van der Waals surface area contributed by atoms with Gasteiger partial charge < -0.3 is 19.3 Å². The van der Waals surface area contributed by atoms with Crippen molar-refractivity contribution in [2.45, 2.75) is 6.61 Å². The number of carboxylic acids is 1. The molecule has 0 aliphatic rings. The zero-order valence-corrected chi connectivity index (χ0v) is 17.2. The van der Waals surface area contributed by atoms with E-state index in [2.05, 4.69) is 4.99 Å². The molecule has 0 saturated heterocycles. The summed E-state index contributed by atoms with van der Waals surface area (Å²) in [7, 11) is 3.13. The van der Waals surface area contributed by atoms with Crippen molar-refractivity contribution in [3.63, 3.8) is 0 Å². The van der Waals surface area contributed by atoms with Gasteiger partial charge in [-0.2, -0.15) is 0 Å². The molecule has 154 valence electrons. The minimum atomic E-state index is -0.970. The van der Waals surface area contributed by atoms with Crippen molar-refractivity contribution >= 4 is 29.5 Å². The van der Waals surface area contributed by atoms with E-state index in [1.807, 2.05) is 12.1 Å². The fourth-order valence-corrected chi connectivity index (χ4v) is 2.92. The van der Waals surface area contributed by atoms with E-state index in [9.17, 15) is 4.79 Å². The van der Waals surface area contributed by atoms with Gasteiger partial charge in [-0.25, -0.2) is 4.79 Å². The first kappa shape index (κ1) is 21.2. The molecule has 0 atom stereocenters. The first-order chi connectivity index (χ1) is 14.5. The van der Waals surface area contributed by atoms with Crippen molar-refractivity contribution in [3.05, 3.63) is 82.4 Å². The molecule has 3 rings (SSSR count). The van der Waals surface area contributed by atoms with E-state index in [0.717, 1.165) is 5.56 Å². The Labute approximate surface area is 179 Å². The second kappa shape index (κ2) is 9.80. The Kier molecular flexibility index (Phi) is 6.93. The van der Waals surface area contributed by atoms with E-state index in [1.165, 1.54) is 12.1 Å². The molecule has 0 aromatic heterocycles. The highest BCUT2D eigenvalue weighted by atomic mass is 35.5. The molecule has 0 unspecified atom stereocenters. The summed E-state index contributed by atoms with van der Waals surface area (Å²) < 4.78 is 16.7. The second-order valence-corrected chi connectivity index (χ2v) is 6.68. The average molecular weight is 426 g/mol. The molecule has 0 amide bonds. The standard InChI is InChI=1S/C23H20ClNO5/c1-28-20-11-10-18(24)12-19(20)25-13-17-4-3-5-21(29-2)22(17)30-14-15-6-8-16(9-7-15)23(26)27/h3-13H,14H2,1-2H3,(H,26,27). The number of hydrogen-bond donors (Lipinski definition) is 1. The molecule has 0 heterocycles. The van der Waals surface area contributed by atoms with E-state index in [0.29, 0.717) is 33.5 Å². The maximum Gasteiger partial charge on any atom is 0.335 e. The third-order valence-electron chi connectivity index (χ3n) is 4.30. The minimum absolute atomic E-state index is 0.222. The third-order valence-corrected chi connectivity index (χ3v) is 4.53. The fraction of sp³-hybridized carbons (Fsp3) is 0.130. The lowest BCUT2D eigenvalue weighted by atomic mass is 10.1. The number of halogens is 1. The van der Waals surface area contributed by atoms with Crippen LogP contribution in [0.5, 0.6) is 17.2 Å². The number of aromatic carboxylic acids is 1. The Morgan fingerprint density at radius 2 is 1.77 bits per heavy atom. The molecule has 7 heteroatoms. The molecule has 3 aromatic rings. The van der Waals surface area contributed by atoms with Crippen LogP contribution in [-0.2, 0) is 6.61 Å². The van der Waals surface area contributed by atoms with E-state index >= 15 is 0 Å². The van der Waals surface area contributed by atoms with Crippen molar-refractivity contribution < 1.29 is 24.1 Å². The minimum Gasteiger partial charge on any atom is -0.494 e. The van der Waals surface area contributed by atoms with Gasteiger partial charge in [0.25, 0.3) is 0 Å². The van der Waals surface area contributed by atoms with Gasteiger partial charge in [-0.3, -0.25) is 4.99 Å². The highest BCUT2D eigenvalue weighted by Gasteiger charge is 2.11. The summed E-state index contributed by atoms with van der Waals surface area (Å²) in [4.78, 5) is 15.5. The molecule has 0 aliphatic heterocycles. The average Bonchev–Trinajstić information content (AvgIpc) is 2.76. The monoisotopic (exact) mass is 425 g/mol. The Morgan fingerprint density at radius 3 is 2.43 bits per heavy atom. The number of para-hydroxylation sites is 1. The van der Waals surface area contributed by atoms with Crippen molar-refractivity contribution in [3.8, 4) is 17.2 Å². The van der Waals surface area contributed by atoms with E-state index in [4.69, 9.17) is 30.9 Å². The van der Waals surface area contributed by atoms with Crippen molar-refractivity contribution in [2.24, 2.45) is 4.99 Å². The highest BCUT2D eigenvalue weighted by molar-refractivity contribution is 6.30. The summed E-state index contributed by atoms with van der Waals surface area (Å²) in [5.74, 6) is 0.702. The molecule has 30 heavy (non-hydrogen) atoms. The number of benzene rings is 3. The predicted molar refractivity (Wildman–Crippen MR) is 116 cm³/mol. The van der Waals surface area contributed by atoms with E-state index in [-0.39, 0.29) is 12.2 Å². The van der Waals surface area contributed by atoms with Gasteiger partial charge in [-0.05, 0) is 48.0 Å². The smallest absolute Gasteiger partial charge is 0.335 e. The molecular weight excluding hydrogens is 406 g/mol. The van der Waals surface area contributed by atoms with Crippen LogP contribution in [-0.4, -0.2) is 31.5 Å². The van der Waals surface area contributed by atoms with Crippen LogP contribution in [0.2, 0.25) is 5.02 Å². The maximum atomic E-state index is 11.0. The molecule has 3 aromatic carbocycles. The van der Waals surface area contributed by atoms with Crippen LogP contribution >= 0.6 is 11.6 Å². The number of rotatable bonds is 8. The molecule has 0 radical (unpaired) electrons. The fourth-order valence-electron chi connectivity index (χ4n) is 2.75. The van der Waals surface area contributed by atoms with Gasteiger partial charge in [0.1, 0.15) is 18.0 Å². The molecule has 0 bridgehead atoms. The van der Waals surface area contributed by atoms with Crippen LogP contribution in [0.25, 0.3) is 0 Å². The number of carboxylic acid groups (broad SMARTS) is 1. The SMILES string of the molecule is COc1ccc(Cl)cc1N=Cc1cccc(OC)c1OCc1ccc(C(=O)O)cc1. The summed E-state index contributed by atoms with van der Waals surface area (Å²) >= 11 is 6.07. The van der Waals surface area contributed by atoms with Gasteiger partial charge in [0.2, 0.25) is 0 Å². The zero-order chi connectivity index (χ0) is 21.5. The Hall–Kier alpha value is -3.51. The van der Waals surface area contributed by atoms with Crippen molar-refractivity contribution in [2.75, 3.05) is 14.2 Å². The maximum absolute atomic E-state index is 11.0. The van der Waals surface area contributed by atoms with Gasteiger partial charge in [0.15, 0.2) is 11.5 Å². The van der Waals surface area contributed by atoms with Gasteiger partial charge in [0.05, 0.1) is 19.8 Å². The van der Waals surface area contributed by atoms with Crippen LogP contribution < -0.4 is 14.2 Å². The van der Waals surface area contributed by atoms with Crippen LogP contribution in [0.15, 0.2) is 65.7 Å². The van der Waals surface area contributed by atoms with E-state index < -0.39 is 5.97 Å². The van der Waals surface area contributed by atoms with Crippen LogP contribution in [0.3, 0.4) is 0 Å². The molecule has 0 spiro atoms. The number of ether oxygens (including phenoxy) is 3. The summed E-state index contributed by atoms with van der Waals surface area (Å²) in [6, 6.07) is 17.2. The zero-order valence-electron chi connectivity index (χ0n) is 16.5. The number of aliphatic imine (C=N–C) groups is 1. The van der Waals surface area contributed by atoms with Crippen LogP contribution in [0.4, 0.5) is 5.69 Å². The summed E-state index contributed by atoms with van der Waals surface area (Å²) in [5, 5.41) is 9.57. The normalized spacial score (nSPS) is 10.8. The molecule has 0 saturated carbocycles. The summed E-state index contributed by atoms with van der Waals surface area (Å²) in [6.45, 7) is 0.238. The van der Waals surface area contributed by atoms with Gasteiger partial charge in [0, 0.05) is 16.8 Å². The first-order valence-corrected chi connectivity index (χ1v) is 9.39. The van der Waals surface area contributed by atoms with Gasteiger partial charge >= 0.3 is 5.97 Å². The Morgan fingerprint density at radius 1 is 1.03 bits per heavy atom. The Balaban J connectivity index is 1.86. The van der Waals surface area contributed by atoms with Crippen molar-refractivity contribution in [1.82, 2.24) is 0 Å². The molecule has 0 aliphatic carbocycles. The number of carbonyl (C=O) groups is 1. The second-order valence-electron chi connectivity index (χ2n) is 6.24. The highest BCUT2D eigenvalue weighted by Crippen LogP contribution is 2.33. The topological polar surface area (TPSA) is 77.3 Å². The number of methoxy groups -OCH3 is 2. The molecule has 1 N–H and O–H groups in total. The Bertz CT molecular complexity index is 1060. The first-order valence-electron chi connectivity index (χ1n) is 9.01. The van der Waals surface area contributed by atoms with Crippen molar-refractivity contribution in [1.29, 1.82) is 0 Å². The van der Waals surface area contributed by atoms with Gasteiger partial charge in [-0.15, -0.1) is 0 Å². The van der Waals surface area contributed by atoms with E-state index in [1.54, 1.807) is 56.8 Å². The number of nitrogens with zero attached hydrogens (tertiary/aromatic N) is 1. The lowest BCUT2D eigenvalue weighted by Crippen LogP contribution is -2.02. The molecule has 6 nitrogen and oxygen atoms in total. The molecule has 0 fully saturated rings. The molecular formula is C23H20ClNO5. The van der Waals surface area contributed by atoms with Gasteiger partial charge in [-0.1, -0.05) is 29.8 Å².